The van der Waals surface area contributed by atoms with Gasteiger partial charge in [0.05, 0.1) is 6.42 Å². The van der Waals surface area contributed by atoms with Gasteiger partial charge in [-0.15, -0.1) is 0 Å². The second-order valence-electron chi connectivity index (χ2n) is 15.0. The van der Waals surface area contributed by atoms with Gasteiger partial charge in [0.15, 0.2) is 6.10 Å². The molecule has 0 aromatic rings. The number of carbonyl (C=O) groups is 3. The third-order valence-electron chi connectivity index (χ3n) is 9.57. The molecule has 0 heterocycles. The summed E-state index contributed by atoms with van der Waals surface area (Å²) in [6.45, 7) is 6.37. The average Bonchev–Trinajstić information content (AvgIpc) is 3.18. The number of rotatable bonds is 40. The van der Waals surface area contributed by atoms with Crippen molar-refractivity contribution < 1.29 is 28.6 Å². The molecule has 316 valence electrons. The molecule has 0 aliphatic carbocycles. The molecular weight excluding hydrogens is 685 g/mol. The highest BCUT2D eigenvalue weighted by atomic mass is 16.6. The van der Waals surface area contributed by atoms with Crippen LogP contribution in [0.5, 0.6) is 0 Å². The van der Waals surface area contributed by atoms with Crippen LogP contribution in [0.1, 0.15) is 213 Å². The van der Waals surface area contributed by atoms with Crippen molar-refractivity contribution >= 4 is 17.9 Å². The fraction of sp³-hybridized carbons (Fsp3) is 0.735. The van der Waals surface area contributed by atoms with Crippen LogP contribution in [0.25, 0.3) is 0 Å². The molecule has 0 bridgehead atoms. The van der Waals surface area contributed by atoms with Gasteiger partial charge < -0.3 is 14.2 Å². The Balaban J connectivity index is 4.43. The van der Waals surface area contributed by atoms with E-state index in [0.29, 0.717) is 12.8 Å². The lowest BCUT2D eigenvalue weighted by atomic mass is 10.0. The first kappa shape index (κ1) is 52.1. The number of unbranched alkanes of at least 4 members (excludes halogenated alkanes) is 21. The molecule has 0 saturated heterocycles. The molecule has 0 aromatic heterocycles. The minimum atomic E-state index is -0.809. The monoisotopic (exact) mass is 769 g/mol. The Morgan fingerprint density at radius 1 is 0.418 bits per heavy atom. The summed E-state index contributed by atoms with van der Waals surface area (Å²) in [5, 5.41) is 0. The fourth-order valence-electron chi connectivity index (χ4n) is 6.14. The molecule has 0 fully saturated rings. The molecule has 55 heavy (non-hydrogen) atoms. The number of hydrogen-bond acceptors (Lipinski definition) is 6. The van der Waals surface area contributed by atoms with Crippen LogP contribution >= 0.6 is 0 Å². The standard InChI is InChI=1S/C49H84O6/c1-4-7-10-13-16-19-21-23-24-26-27-30-33-36-39-42-48(51)54-45-46(44-53-47(50)41-38-35-32-29-18-15-12-9-6-3)55-49(52)43-40-37-34-31-28-25-22-20-17-14-11-8-5-2/h9,12,16,18-19,21,23,29,35,38,46H,4-8,10-11,13-15,17,20,22,24-28,30-34,36-37,39-45H2,1-3H3/b12-9-,19-16-,23-21-,29-18-,38-35-. The van der Waals surface area contributed by atoms with Gasteiger partial charge in [0.2, 0.25) is 0 Å². The first-order valence-corrected chi connectivity index (χ1v) is 22.8. The maximum absolute atomic E-state index is 12.7. The van der Waals surface area contributed by atoms with E-state index < -0.39 is 12.1 Å². The molecule has 1 unspecified atom stereocenters. The molecular formula is C49H84O6. The van der Waals surface area contributed by atoms with Crippen molar-refractivity contribution in [3.05, 3.63) is 60.8 Å². The third kappa shape index (κ3) is 42.1. The van der Waals surface area contributed by atoms with Crippen LogP contribution in [0.4, 0.5) is 0 Å². The Hall–Kier alpha value is -2.89. The molecule has 0 N–H and O–H groups in total. The quantitative estimate of drug-likeness (QED) is 0.0203. The van der Waals surface area contributed by atoms with Crippen LogP contribution in [-0.2, 0) is 28.6 Å². The van der Waals surface area contributed by atoms with Crippen molar-refractivity contribution in [1.82, 2.24) is 0 Å². The smallest absolute Gasteiger partial charge is 0.309 e. The summed E-state index contributed by atoms with van der Waals surface area (Å²) in [5.41, 5.74) is 0. The van der Waals surface area contributed by atoms with E-state index in [-0.39, 0.29) is 31.6 Å². The zero-order chi connectivity index (χ0) is 40.1. The maximum Gasteiger partial charge on any atom is 0.309 e. The van der Waals surface area contributed by atoms with E-state index >= 15 is 0 Å². The molecule has 6 heteroatoms. The minimum Gasteiger partial charge on any atom is -0.462 e. The summed E-state index contributed by atoms with van der Waals surface area (Å²) in [6.07, 6.45) is 52.3. The largest absolute Gasteiger partial charge is 0.462 e. The Labute approximate surface area is 339 Å². The SMILES string of the molecule is CC/C=C\C/C=C\C/C=C\CC(=O)OCC(COC(=O)CCCCCCCC/C=C\C=C/CCCCC)OC(=O)CCCCCCCCCCCCCCC. The van der Waals surface area contributed by atoms with E-state index in [0.717, 1.165) is 64.2 Å². The van der Waals surface area contributed by atoms with E-state index in [1.165, 1.54) is 109 Å². The Morgan fingerprint density at radius 3 is 1.35 bits per heavy atom. The van der Waals surface area contributed by atoms with Crippen LogP contribution < -0.4 is 0 Å². The third-order valence-corrected chi connectivity index (χ3v) is 9.57. The highest BCUT2D eigenvalue weighted by Crippen LogP contribution is 2.14. The van der Waals surface area contributed by atoms with E-state index in [2.05, 4.69) is 69.4 Å². The van der Waals surface area contributed by atoms with E-state index in [9.17, 15) is 14.4 Å². The first-order chi connectivity index (χ1) is 27.0. The molecule has 0 radical (unpaired) electrons. The Kier molecular flexibility index (Phi) is 41.5. The van der Waals surface area contributed by atoms with Gasteiger partial charge in [-0.05, 0) is 57.8 Å². The summed E-state index contributed by atoms with van der Waals surface area (Å²) in [5.74, 6) is -1.05. The first-order valence-electron chi connectivity index (χ1n) is 22.8. The number of esters is 3. The summed E-state index contributed by atoms with van der Waals surface area (Å²) in [7, 11) is 0. The predicted octanol–water partition coefficient (Wildman–Crippen LogP) is 14.5. The lowest BCUT2D eigenvalue weighted by Crippen LogP contribution is -2.30. The summed E-state index contributed by atoms with van der Waals surface area (Å²) in [6, 6.07) is 0. The maximum atomic E-state index is 12.7. The number of carbonyl (C=O) groups excluding carboxylic acids is 3. The van der Waals surface area contributed by atoms with Crippen LogP contribution in [0.15, 0.2) is 60.8 Å². The predicted molar refractivity (Wildman–Crippen MR) is 233 cm³/mol. The van der Waals surface area contributed by atoms with Crippen molar-refractivity contribution in [2.45, 2.75) is 219 Å². The topological polar surface area (TPSA) is 78.9 Å². The molecule has 0 saturated carbocycles. The summed E-state index contributed by atoms with van der Waals surface area (Å²) < 4.78 is 16.6. The van der Waals surface area contributed by atoms with Crippen LogP contribution in [0.2, 0.25) is 0 Å². The zero-order valence-corrected chi connectivity index (χ0v) is 35.9. The summed E-state index contributed by atoms with van der Waals surface area (Å²) >= 11 is 0. The molecule has 0 aliphatic rings. The van der Waals surface area contributed by atoms with Gasteiger partial charge in [-0.1, -0.05) is 197 Å². The van der Waals surface area contributed by atoms with Crippen molar-refractivity contribution in [3.63, 3.8) is 0 Å². The molecule has 0 rings (SSSR count). The van der Waals surface area contributed by atoms with Gasteiger partial charge in [-0.3, -0.25) is 14.4 Å². The summed E-state index contributed by atoms with van der Waals surface area (Å²) in [4.78, 5) is 37.6. The minimum absolute atomic E-state index is 0.106. The van der Waals surface area contributed by atoms with E-state index in [1.54, 1.807) is 6.08 Å². The van der Waals surface area contributed by atoms with Crippen molar-refractivity contribution in [1.29, 1.82) is 0 Å². The highest BCUT2D eigenvalue weighted by Gasteiger charge is 2.19. The number of ether oxygens (including phenoxy) is 3. The van der Waals surface area contributed by atoms with Gasteiger partial charge in [-0.2, -0.15) is 0 Å². The lowest BCUT2D eigenvalue weighted by Gasteiger charge is -2.18. The second kappa shape index (κ2) is 43.8. The highest BCUT2D eigenvalue weighted by molar-refractivity contribution is 5.72. The van der Waals surface area contributed by atoms with Crippen molar-refractivity contribution in [3.8, 4) is 0 Å². The van der Waals surface area contributed by atoms with Gasteiger partial charge in [0.1, 0.15) is 13.2 Å². The average molecular weight is 769 g/mol. The molecule has 0 aromatic carbocycles. The normalized spacial score (nSPS) is 12.6. The van der Waals surface area contributed by atoms with Gasteiger partial charge in [0, 0.05) is 12.8 Å². The fourth-order valence-corrected chi connectivity index (χ4v) is 6.14. The number of allylic oxidation sites excluding steroid dienone is 9. The Bertz CT molecular complexity index is 1020. The molecule has 0 aliphatic heterocycles. The number of hydrogen-bond donors (Lipinski definition) is 0. The van der Waals surface area contributed by atoms with Crippen LogP contribution in [-0.4, -0.2) is 37.2 Å². The van der Waals surface area contributed by atoms with Crippen molar-refractivity contribution in [2.24, 2.45) is 0 Å². The van der Waals surface area contributed by atoms with E-state index in [1.807, 2.05) is 6.08 Å². The van der Waals surface area contributed by atoms with Crippen LogP contribution in [0, 0.1) is 0 Å². The zero-order valence-electron chi connectivity index (χ0n) is 35.9. The molecule has 0 amide bonds. The van der Waals surface area contributed by atoms with Crippen LogP contribution in [0.3, 0.4) is 0 Å². The Morgan fingerprint density at radius 2 is 0.818 bits per heavy atom. The second-order valence-corrected chi connectivity index (χ2v) is 15.0. The van der Waals surface area contributed by atoms with Crippen molar-refractivity contribution in [2.75, 3.05) is 13.2 Å². The van der Waals surface area contributed by atoms with Gasteiger partial charge in [0.25, 0.3) is 0 Å². The molecule has 1 atom stereocenters. The van der Waals surface area contributed by atoms with Gasteiger partial charge >= 0.3 is 17.9 Å². The molecule has 0 spiro atoms. The molecule has 6 nitrogen and oxygen atoms in total. The lowest BCUT2D eigenvalue weighted by molar-refractivity contribution is -0.166. The van der Waals surface area contributed by atoms with Gasteiger partial charge in [-0.25, -0.2) is 0 Å². The van der Waals surface area contributed by atoms with E-state index in [4.69, 9.17) is 14.2 Å².